The van der Waals surface area contributed by atoms with Gasteiger partial charge in [-0.25, -0.2) is 4.98 Å². The van der Waals surface area contributed by atoms with E-state index in [0.717, 1.165) is 24.4 Å². The van der Waals surface area contributed by atoms with Crippen LogP contribution in [0, 0.1) is 0 Å². The van der Waals surface area contributed by atoms with Crippen LogP contribution in [0.1, 0.15) is 63.1 Å². The van der Waals surface area contributed by atoms with E-state index in [4.69, 9.17) is 16.6 Å². The first kappa shape index (κ1) is 21.3. The number of anilines is 1. The Kier molecular flexibility index (Phi) is 8.92. The molecule has 0 unspecified atom stereocenters. The number of halogens is 1. The molecule has 1 heterocycles. The normalized spacial score (nSPS) is 23.3. The molecule has 1 aromatic heterocycles. The van der Waals surface area contributed by atoms with E-state index in [1.165, 1.54) is 38.5 Å². The van der Waals surface area contributed by atoms with Gasteiger partial charge in [-0.05, 0) is 36.6 Å². The van der Waals surface area contributed by atoms with Crippen molar-refractivity contribution in [3.63, 3.8) is 0 Å². The lowest BCUT2D eigenvalue weighted by molar-refractivity contribution is 0.514. The van der Waals surface area contributed by atoms with Crippen LogP contribution in [0.2, 0.25) is 5.28 Å². The van der Waals surface area contributed by atoms with Gasteiger partial charge in [0.25, 0.3) is 0 Å². The zero-order chi connectivity index (χ0) is 20.2. The molecule has 2 aliphatic carbocycles. The lowest BCUT2D eigenvalue weighted by Crippen LogP contribution is -2.10. The standard InChI is InChI=1S/C24H29ClN4/c25-23-27-22(20-16-12-8-6-7-9-13-17-20)28-24(29-23)26-21-18-14-10-4-2-1-3-5-11-15-19-21/h1-5,10-11,14-15,18-20H,6-9,12-13,16-17H2,(H,26,27,28,29)/b2-1-,3-1?,4-2?,5-3-,10-4-,11-5?,14-10?,15-11-,18-14?,19-15?,21-18?,21-19?. The zero-order valence-corrected chi connectivity index (χ0v) is 17.6. The second kappa shape index (κ2) is 12.2. The van der Waals surface area contributed by atoms with E-state index in [1.54, 1.807) is 0 Å². The first-order chi connectivity index (χ1) is 14.3. The number of rotatable bonds is 3. The first-order valence-corrected chi connectivity index (χ1v) is 10.9. The van der Waals surface area contributed by atoms with Crippen LogP contribution < -0.4 is 5.32 Å². The number of hydrogen-bond donors (Lipinski definition) is 1. The van der Waals surface area contributed by atoms with Gasteiger partial charge in [-0.15, -0.1) is 0 Å². The summed E-state index contributed by atoms with van der Waals surface area (Å²) in [7, 11) is 0. The summed E-state index contributed by atoms with van der Waals surface area (Å²) in [5, 5.41) is 3.54. The molecular weight excluding hydrogens is 380 g/mol. The van der Waals surface area contributed by atoms with Crippen LogP contribution in [0.5, 0.6) is 0 Å². The van der Waals surface area contributed by atoms with Crippen molar-refractivity contribution in [2.24, 2.45) is 0 Å². The topological polar surface area (TPSA) is 50.7 Å². The van der Waals surface area contributed by atoms with E-state index >= 15 is 0 Å². The van der Waals surface area contributed by atoms with Crippen LogP contribution in [0.15, 0.2) is 72.5 Å². The summed E-state index contributed by atoms with van der Waals surface area (Å²) in [4.78, 5) is 13.5. The minimum absolute atomic E-state index is 0.249. The van der Waals surface area contributed by atoms with Crippen molar-refractivity contribution in [2.45, 2.75) is 57.3 Å². The summed E-state index contributed by atoms with van der Waals surface area (Å²) in [6.07, 6.45) is 31.8. The van der Waals surface area contributed by atoms with Crippen molar-refractivity contribution in [3.8, 4) is 0 Å². The fourth-order valence-electron chi connectivity index (χ4n) is 3.53. The van der Waals surface area contributed by atoms with E-state index in [2.05, 4.69) is 15.3 Å². The van der Waals surface area contributed by atoms with Gasteiger partial charge in [0.15, 0.2) is 0 Å². The number of nitrogens with zero attached hydrogens (tertiary/aromatic N) is 3. The van der Waals surface area contributed by atoms with Gasteiger partial charge in [-0.1, -0.05) is 93.2 Å². The highest BCUT2D eigenvalue weighted by Gasteiger charge is 2.18. The maximum absolute atomic E-state index is 6.26. The lowest BCUT2D eigenvalue weighted by atomic mass is 9.96. The van der Waals surface area contributed by atoms with Crippen LogP contribution in [0.4, 0.5) is 5.95 Å². The first-order valence-electron chi connectivity index (χ1n) is 10.5. The van der Waals surface area contributed by atoms with Crippen molar-refractivity contribution in [2.75, 3.05) is 5.32 Å². The Morgan fingerprint density at radius 2 is 1.28 bits per heavy atom. The molecular formula is C24H29ClN4. The molecule has 2 aliphatic rings. The molecule has 29 heavy (non-hydrogen) atoms. The van der Waals surface area contributed by atoms with Gasteiger partial charge in [0.2, 0.25) is 11.2 Å². The van der Waals surface area contributed by atoms with Crippen LogP contribution in [0.3, 0.4) is 0 Å². The Balaban J connectivity index is 1.78. The third-order valence-electron chi connectivity index (χ3n) is 5.04. The number of hydrogen-bond acceptors (Lipinski definition) is 4. The molecule has 3 rings (SSSR count). The van der Waals surface area contributed by atoms with Gasteiger partial charge in [0.1, 0.15) is 5.82 Å². The smallest absolute Gasteiger partial charge is 0.231 e. The molecule has 0 radical (unpaired) electrons. The lowest BCUT2D eigenvalue weighted by Gasteiger charge is -2.15. The van der Waals surface area contributed by atoms with Gasteiger partial charge >= 0.3 is 0 Å². The molecule has 4 nitrogen and oxygen atoms in total. The van der Waals surface area contributed by atoms with E-state index in [-0.39, 0.29) is 5.28 Å². The van der Waals surface area contributed by atoms with E-state index < -0.39 is 0 Å². The van der Waals surface area contributed by atoms with Crippen molar-refractivity contribution < 1.29 is 0 Å². The number of aromatic nitrogens is 3. The molecule has 1 saturated carbocycles. The van der Waals surface area contributed by atoms with Crippen molar-refractivity contribution in [1.82, 2.24) is 15.0 Å². The summed E-state index contributed by atoms with van der Waals surface area (Å²) in [6, 6.07) is 0. The highest BCUT2D eigenvalue weighted by molar-refractivity contribution is 6.28. The Hall–Kier alpha value is -2.46. The van der Waals surface area contributed by atoms with E-state index in [0.29, 0.717) is 11.9 Å². The van der Waals surface area contributed by atoms with Gasteiger partial charge in [-0.2, -0.15) is 9.97 Å². The van der Waals surface area contributed by atoms with E-state index in [9.17, 15) is 0 Å². The number of allylic oxidation sites excluding steroid dienone is 11. The average molecular weight is 409 g/mol. The van der Waals surface area contributed by atoms with Crippen molar-refractivity contribution in [1.29, 1.82) is 0 Å². The number of nitrogens with one attached hydrogen (secondary N) is 1. The summed E-state index contributed by atoms with van der Waals surface area (Å²) < 4.78 is 0. The molecule has 152 valence electrons. The van der Waals surface area contributed by atoms with Gasteiger partial charge in [0, 0.05) is 11.6 Å². The maximum atomic E-state index is 6.26. The average Bonchev–Trinajstić information content (AvgIpc) is 2.84. The van der Waals surface area contributed by atoms with Crippen LogP contribution in [0.25, 0.3) is 0 Å². The highest BCUT2D eigenvalue weighted by Crippen LogP contribution is 2.29. The predicted octanol–water partition coefficient (Wildman–Crippen LogP) is 6.83. The van der Waals surface area contributed by atoms with Gasteiger partial charge < -0.3 is 5.32 Å². The Morgan fingerprint density at radius 1 is 0.690 bits per heavy atom. The third-order valence-corrected chi connectivity index (χ3v) is 5.21. The summed E-state index contributed by atoms with van der Waals surface area (Å²) in [5.74, 6) is 1.67. The molecule has 5 heteroatoms. The second-order valence-corrected chi connectivity index (χ2v) is 7.67. The minimum atomic E-state index is 0.249. The summed E-state index contributed by atoms with van der Waals surface area (Å²) in [5.41, 5.74) is 0.881. The molecule has 0 amide bonds. The Bertz CT molecular complexity index is 823. The van der Waals surface area contributed by atoms with Gasteiger partial charge in [0.05, 0.1) is 0 Å². The predicted molar refractivity (Wildman–Crippen MR) is 122 cm³/mol. The van der Waals surface area contributed by atoms with Crippen LogP contribution >= 0.6 is 11.6 Å². The highest BCUT2D eigenvalue weighted by atomic mass is 35.5. The molecule has 1 aromatic rings. The van der Waals surface area contributed by atoms with Crippen LogP contribution in [-0.2, 0) is 0 Å². The second-order valence-electron chi connectivity index (χ2n) is 7.33. The minimum Gasteiger partial charge on any atom is -0.324 e. The van der Waals surface area contributed by atoms with E-state index in [1.807, 2.05) is 66.8 Å². The molecule has 0 aliphatic heterocycles. The molecule has 1 fully saturated rings. The van der Waals surface area contributed by atoms with Gasteiger partial charge in [-0.3, -0.25) is 0 Å². The Labute approximate surface area is 178 Å². The maximum Gasteiger partial charge on any atom is 0.231 e. The fraction of sp³-hybridized carbons (Fsp3) is 0.375. The largest absolute Gasteiger partial charge is 0.324 e. The molecule has 0 saturated heterocycles. The molecule has 0 spiro atoms. The third kappa shape index (κ3) is 7.82. The molecule has 0 atom stereocenters. The monoisotopic (exact) mass is 408 g/mol. The molecule has 0 aromatic carbocycles. The molecule has 0 bridgehead atoms. The Morgan fingerprint density at radius 3 is 1.97 bits per heavy atom. The quantitative estimate of drug-likeness (QED) is 0.595. The van der Waals surface area contributed by atoms with Crippen molar-refractivity contribution >= 4 is 17.5 Å². The zero-order valence-electron chi connectivity index (χ0n) is 16.8. The van der Waals surface area contributed by atoms with Crippen LogP contribution in [-0.4, -0.2) is 15.0 Å². The molecule has 1 N–H and O–H groups in total. The summed E-state index contributed by atoms with van der Waals surface area (Å²) >= 11 is 6.26. The fourth-order valence-corrected chi connectivity index (χ4v) is 3.70. The summed E-state index contributed by atoms with van der Waals surface area (Å²) in [6.45, 7) is 0. The SMILES string of the molecule is Clc1nc(NC2=C\C=C/C=C\C=C/C=C\C=C2)nc(C2CCCCCCCC2)n1. The van der Waals surface area contributed by atoms with Crippen molar-refractivity contribution in [3.05, 3.63) is 83.6 Å².